The molecule has 0 aromatic rings. The molecule has 2 rings (SSSR count). The summed E-state index contributed by atoms with van der Waals surface area (Å²) in [5.74, 6) is 1.66. The van der Waals surface area contributed by atoms with Crippen LogP contribution in [0, 0.1) is 11.8 Å². The molecule has 0 aromatic carbocycles. The molecule has 1 aliphatic heterocycles. The molecule has 1 saturated carbocycles. The second-order valence-electron chi connectivity index (χ2n) is 4.74. The summed E-state index contributed by atoms with van der Waals surface area (Å²) in [6.07, 6.45) is 1.88. The molecule has 1 aliphatic carbocycles. The molecule has 0 radical (unpaired) electrons. The Morgan fingerprint density at radius 2 is 2.00 bits per heavy atom. The maximum Gasteiger partial charge on any atom is 0.184 e. The molecule has 0 aromatic heterocycles. The first-order valence-corrected chi connectivity index (χ1v) is 6.25. The average molecular weight is 213 g/mol. The van der Waals surface area contributed by atoms with Crippen molar-refractivity contribution in [3.05, 3.63) is 0 Å². The number of ether oxygens (including phenoxy) is 2. The zero-order chi connectivity index (χ0) is 10.8. The molecule has 0 N–H and O–H groups in total. The van der Waals surface area contributed by atoms with E-state index in [9.17, 15) is 0 Å². The summed E-state index contributed by atoms with van der Waals surface area (Å²) in [5, 5.41) is 0. The number of hydrogen-bond acceptors (Lipinski definition) is 3. The van der Waals surface area contributed by atoms with Crippen molar-refractivity contribution in [1.29, 1.82) is 0 Å². The summed E-state index contributed by atoms with van der Waals surface area (Å²) in [6.45, 7) is 10.7. The summed E-state index contributed by atoms with van der Waals surface area (Å²) >= 11 is 0. The lowest BCUT2D eigenvalue weighted by Crippen LogP contribution is -2.27. The van der Waals surface area contributed by atoms with E-state index in [0.29, 0.717) is 6.10 Å². The van der Waals surface area contributed by atoms with Crippen LogP contribution in [-0.4, -0.2) is 43.5 Å². The summed E-state index contributed by atoms with van der Waals surface area (Å²) in [4.78, 5) is 2.37. The van der Waals surface area contributed by atoms with Gasteiger partial charge in [-0.25, -0.2) is 0 Å². The van der Waals surface area contributed by atoms with Gasteiger partial charge in [0.1, 0.15) is 6.10 Å². The molecule has 2 fully saturated rings. The zero-order valence-corrected chi connectivity index (χ0v) is 10.1. The lowest BCUT2D eigenvalue weighted by Gasteiger charge is -2.17. The molecule has 4 atom stereocenters. The van der Waals surface area contributed by atoms with Gasteiger partial charge in [-0.1, -0.05) is 20.8 Å². The highest BCUT2D eigenvalue weighted by Crippen LogP contribution is 2.49. The van der Waals surface area contributed by atoms with Crippen molar-refractivity contribution in [3.63, 3.8) is 0 Å². The highest BCUT2D eigenvalue weighted by atomic mass is 16.8. The number of likely N-dealkylation sites (N-methyl/N-ethyl adjacent to an activating group) is 1. The highest BCUT2D eigenvalue weighted by molar-refractivity contribution is 4.97. The fourth-order valence-electron chi connectivity index (χ4n) is 2.19. The van der Waals surface area contributed by atoms with Gasteiger partial charge in [-0.05, 0) is 31.3 Å². The molecule has 2 aliphatic rings. The van der Waals surface area contributed by atoms with Gasteiger partial charge >= 0.3 is 0 Å². The monoisotopic (exact) mass is 213 g/mol. The van der Waals surface area contributed by atoms with E-state index in [1.54, 1.807) is 0 Å². The van der Waals surface area contributed by atoms with E-state index in [-0.39, 0.29) is 6.29 Å². The minimum absolute atomic E-state index is 0.121. The van der Waals surface area contributed by atoms with Crippen molar-refractivity contribution in [2.24, 2.45) is 11.8 Å². The normalized spacial score (nSPS) is 38.4. The van der Waals surface area contributed by atoms with Gasteiger partial charge in [0.2, 0.25) is 0 Å². The lowest BCUT2D eigenvalue weighted by atomic mass is 10.2. The van der Waals surface area contributed by atoms with Gasteiger partial charge in [0.05, 0.1) is 6.61 Å². The Morgan fingerprint density at radius 1 is 1.33 bits per heavy atom. The third-order valence-corrected chi connectivity index (χ3v) is 3.66. The maximum absolute atomic E-state index is 5.69. The standard InChI is InChI=1S/C12H23NO2/c1-4-13(5-2)6-7-14-12-11(15-12)10-8-9(10)3/h9-12H,4-8H2,1-3H3. The molecule has 88 valence electrons. The van der Waals surface area contributed by atoms with Gasteiger partial charge in [-0.3, -0.25) is 0 Å². The molecule has 1 heterocycles. The fraction of sp³-hybridized carbons (Fsp3) is 1.00. The molecular weight excluding hydrogens is 190 g/mol. The first-order valence-electron chi connectivity index (χ1n) is 6.25. The predicted molar refractivity (Wildman–Crippen MR) is 59.7 cm³/mol. The molecule has 0 bridgehead atoms. The molecule has 0 spiro atoms. The van der Waals surface area contributed by atoms with Crippen molar-refractivity contribution in [2.45, 2.75) is 39.6 Å². The number of rotatable bonds is 7. The average Bonchev–Trinajstić information content (AvgIpc) is 3.10. The van der Waals surface area contributed by atoms with Crippen molar-refractivity contribution in [3.8, 4) is 0 Å². The second-order valence-corrected chi connectivity index (χ2v) is 4.74. The molecule has 3 heteroatoms. The van der Waals surface area contributed by atoms with E-state index in [1.807, 2.05) is 0 Å². The van der Waals surface area contributed by atoms with Crippen LogP contribution in [0.5, 0.6) is 0 Å². The van der Waals surface area contributed by atoms with Gasteiger partial charge in [0.15, 0.2) is 6.29 Å². The van der Waals surface area contributed by atoms with Crippen LogP contribution in [0.1, 0.15) is 27.2 Å². The van der Waals surface area contributed by atoms with Crippen LogP contribution in [0.3, 0.4) is 0 Å². The molecule has 4 unspecified atom stereocenters. The van der Waals surface area contributed by atoms with Crippen LogP contribution < -0.4 is 0 Å². The molecule has 3 nitrogen and oxygen atoms in total. The van der Waals surface area contributed by atoms with E-state index < -0.39 is 0 Å². The Morgan fingerprint density at radius 3 is 2.53 bits per heavy atom. The van der Waals surface area contributed by atoms with E-state index in [4.69, 9.17) is 9.47 Å². The van der Waals surface area contributed by atoms with Crippen molar-refractivity contribution >= 4 is 0 Å². The molecule has 1 saturated heterocycles. The summed E-state index contributed by atoms with van der Waals surface area (Å²) < 4.78 is 11.2. The lowest BCUT2D eigenvalue weighted by molar-refractivity contribution is 0.0371. The van der Waals surface area contributed by atoms with Gasteiger partial charge in [0, 0.05) is 6.54 Å². The van der Waals surface area contributed by atoms with Gasteiger partial charge in [-0.2, -0.15) is 0 Å². The van der Waals surface area contributed by atoms with Gasteiger partial charge in [0.25, 0.3) is 0 Å². The van der Waals surface area contributed by atoms with Crippen molar-refractivity contribution in [1.82, 2.24) is 4.90 Å². The molecular formula is C12H23NO2. The van der Waals surface area contributed by atoms with E-state index in [2.05, 4.69) is 25.7 Å². The van der Waals surface area contributed by atoms with Crippen LogP contribution in [0.15, 0.2) is 0 Å². The van der Waals surface area contributed by atoms with E-state index >= 15 is 0 Å². The van der Waals surface area contributed by atoms with Crippen LogP contribution in [0.4, 0.5) is 0 Å². The minimum atomic E-state index is 0.121. The summed E-state index contributed by atoms with van der Waals surface area (Å²) in [7, 11) is 0. The van der Waals surface area contributed by atoms with Crippen LogP contribution >= 0.6 is 0 Å². The van der Waals surface area contributed by atoms with Crippen molar-refractivity contribution in [2.75, 3.05) is 26.2 Å². The second kappa shape index (κ2) is 4.81. The van der Waals surface area contributed by atoms with Crippen LogP contribution in [0.2, 0.25) is 0 Å². The number of nitrogens with zero attached hydrogens (tertiary/aromatic N) is 1. The van der Waals surface area contributed by atoms with Gasteiger partial charge in [-0.15, -0.1) is 0 Å². The maximum atomic E-state index is 5.69. The minimum Gasteiger partial charge on any atom is -0.349 e. The Bertz CT molecular complexity index is 206. The number of hydrogen-bond donors (Lipinski definition) is 0. The Labute approximate surface area is 92.7 Å². The quantitative estimate of drug-likeness (QED) is 0.602. The Kier molecular flexibility index (Phi) is 3.65. The van der Waals surface area contributed by atoms with E-state index in [0.717, 1.165) is 38.1 Å². The third kappa shape index (κ3) is 2.92. The smallest absolute Gasteiger partial charge is 0.184 e. The predicted octanol–water partition coefficient (Wildman–Crippen LogP) is 1.73. The Balaban J connectivity index is 1.52. The van der Waals surface area contributed by atoms with Crippen LogP contribution in [0.25, 0.3) is 0 Å². The molecule has 0 amide bonds. The van der Waals surface area contributed by atoms with Gasteiger partial charge < -0.3 is 14.4 Å². The zero-order valence-electron chi connectivity index (χ0n) is 10.1. The largest absolute Gasteiger partial charge is 0.349 e. The third-order valence-electron chi connectivity index (χ3n) is 3.66. The first-order chi connectivity index (χ1) is 7.26. The van der Waals surface area contributed by atoms with Crippen LogP contribution in [-0.2, 0) is 9.47 Å². The van der Waals surface area contributed by atoms with Crippen molar-refractivity contribution < 1.29 is 9.47 Å². The first kappa shape index (κ1) is 11.4. The summed E-state index contributed by atoms with van der Waals surface area (Å²) in [6, 6.07) is 0. The van der Waals surface area contributed by atoms with E-state index in [1.165, 1.54) is 6.42 Å². The fourth-order valence-corrected chi connectivity index (χ4v) is 2.19. The molecule has 15 heavy (non-hydrogen) atoms. The number of epoxide rings is 1. The Hall–Kier alpha value is -0.120. The highest BCUT2D eigenvalue weighted by Gasteiger charge is 2.54. The SMILES string of the molecule is CCN(CC)CCOC1OC1C1CC1C. The topological polar surface area (TPSA) is 25.0 Å². The summed E-state index contributed by atoms with van der Waals surface area (Å²) in [5.41, 5.74) is 0.